The first kappa shape index (κ1) is 20.3. The summed E-state index contributed by atoms with van der Waals surface area (Å²) in [6.07, 6.45) is 2.64. The molecule has 1 aliphatic heterocycles. The summed E-state index contributed by atoms with van der Waals surface area (Å²) in [5.41, 5.74) is 1.41. The van der Waals surface area contributed by atoms with Gasteiger partial charge in [-0.15, -0.1) is 11.8 Å². The lowest BCUT2D eigenvalue weighted by molar-refractivity contribution is 0.141. The summed E-state index contributed by atoms with van der Waals surface area (Å²) in [6.45, 7) is 1.69. The van der Waals surface area contributed by atoms with E-state index in [-0.39, 0.29) is 21.8 Å². The fourth-order valence-corrected chi connectivity index (χ4v) is 5.83. The van der Waals surface area contributed by atoms with E-state index in [2.05, 4.69) is 9.71 Å². The highest BCUT2D eigenvalue weighted by atomic mass is 32.2. The number of aromatic nitrogens is 2. The molecule has 11 heteroatoms. The summed E-state index contributed by atoms with van der Waals surface area (Å²) < 4.78 is 50.0. The van der Waals surface area contributed by atoms with E-state index in [9.17, 15) is 17.9 Å². The number of aliphatic hydroxyl groups is 1. The van der Waals surface area contributed by atoms with Crippen molar-refractivity contribution >= 4 is 44.1 Å². The fourth-order valence-electron chi connectivity index (χ4n) is 3.58. The number of nitrogens with zero attached hydrogens (tertiary/aromatic N) is 3. The highest BCUT2D eigenvalue weighted by Crippen LogP contribution is 2.32. The van der Waals surface area contributed by atoms with Crippen LogP contribution in [0.25, 0.3) is 16.6 Å². The largest absolute Gasteiger partial charge is 0.457 e. The van der Waals surface area contributed by atoms with Crippen LogP contribution in [-0.4, -0.2) is 42.3 Å². The molecule has 5 rings (SSSR count). The third-order valence-corrected chi connectivity index (χ3v) is 7.49. The Labute approximate surface area is 181 Å². The zero-order valence-corrected chi connectivity index (χ0v) is 18.1. The van der Waals surface area contributed by atoms with Crippen LogP contribution >= 0.6 is 11.8 Å². The number of imidazole rings is 1. The first-order valence-electron chi connectivity index (χ1n) is 9.57. The van der Waals surface area contributed by atoms with Gasteiger partial charge >= 0.3 is 0 Å². The zero-order valence-electron chi connectivity index (χ0n) is 16.4. The van der Waals surface area contributed by atoms with Gasteiger partial charge in [0.25, 0.3) is 10.0 Å². The topological polar surface area (TPSA) is 100 Å². The number of rotatable bonds is 6. The zero-order chi connectivity index (χ0) is 21.8. The van der Waals surface area contributed by atoms with Gasteiger partial charge in [-0.3, -0.25) is 4.40 Å². The molecule has 162 valence electrons. The number of thioether (sulfide) groups is 1. The Hall–Kier alpha value is -2.60. The number of benzene rings is 1. The van der Waals surface area contributed by atoms with Gasteiger partial charge < -0.3 is 14.4 Å². The molecule has 8 nitrogen and oxygen atoms in total. The van der Waals surface area contributed by atoms with Crippen LogP contribution < -0.4 is 9.62 Å². The standard InChI is InChI=1S/C20H19FN4O4S2/c1-30-19-20(25-8-3-2-5-17(25)22-19)31(27,28)23-18(26)16-11-13-14(21)9-12(10-15(13)29-16)24-6-4-7-24/h2-3,5,8-11,18,23,26H,4,6-7H2,1H3. The fraction of sp³-hybridized carbons (Fsp3) is 0.250. The molecule has 1 aliphatic rings. The lowest BCUT2D eigenvalue weighted by Gasteiger charge is -2.33. The van der Waals surface area contributed by atoms with Gasteiger partial charge in [-0.05, 0) is 36.9 Å². The van der Waals surface area contributed by atoms with Gasteiger partial charge in [-0.2, -0.15) is 4.72 Å². The van der Waals surface area contributed by atoms with Crippen molar-refractivity contribution in [3.63, 3.8) is 0 Å². The van der Waals surface area contributed by atoms with Crippen LogP contribution in [0.3, 0.4) is 0 Å². The Bertz CT molecular complexity index is 1400. The molecule has 0 saturated carbocycles. The Balaban J connectivity index is 1.49. The van der Waals surface area contributed by atoms with E-state index in [4.69, 9.17) is 4.42 Å². The van der Waals surface area contributed by atoms with Gasteiger partial charge in [0.05, 0.1) is 5.39 Å². The number of pyridine rings is 1. The van der Waals surface area contributed by atoms with Gasteiger partial charge in [0.1, 0.15) is 27.8 Å². The maximum Gasteiger partial charge on any atom is 0.261 e. The number of nitrogens with one attached hydrogen (secondary N) is 1. The number of hydrogen-bond acceptors (Lipinski definition) is 7. The number of sulfonamides is 1. The predicted molar refractivity (Wildman–Crippen MR) is 115 cm³/mol. The minimum Gasteiger partial charge on any atom is -0.457 e. The molecular formula is C20H19FN4O4S2. The normalized spacial score (nSPS) is 15.5. The van der Waals surface area contributed by atoms with Gasteiger partial charge in [0, 0.05) is 31.0 Å². The molecule has 1 unspecified atom stereocenters. The van der Waals surface area contributed by atoms with Gasteiger partial charge in [0.15, 0.2) is 11.3 Å². The quantitative estimate of drug-likeness (QED) is 0.335. The Morgan fingerprint density at radius 3 is 2.81 bits per heavy atom. The first-order chi connectivity index (χ1) is 14.9. The van der Waals surface area contributed by atoms with Crippen molar-refractivity contribution in [1.82, 2.24) is 14.1 Å². The maximum absolute atomic E-state index is 14.6. The lowest BCUT2D eigenvalue weighted by Crippen LogP contribution is -2.36. The van der Waals surface area contributed by atoms with Crippen LogP contribution in [-0.2, 0) is 10.0 Å². The summed E-state index contributed by atoms with van der Waals surface area (Å²) in [5, 5.41) is 10.9. The minimum atomic E-state index is -4.18. The Kier molecular flexibility index (Phi) is 4.93. The molecule has 2 N–H and O–H groups in total. The second-order valence-corrected chi connectivity index (χ2v) is 9.63. The number of aliphatic hydroxyl groups excluding tert-OH is 1. The minimum absolute atomic E-state index is 0.0861. The molecule has 0 bridgehead atoms. The number of hydrogen-bond donors (Lipinski definition) is 2. The predicted octanol–water partition coefficient (Wildman–Crippen LogP) is 3.12. The average molecular weight is 463 g/mol. The molecule has 1 saturated heterocycles. The third-order valence-electron chi connectivity index (χ3n) is 5.25. The van der Waals surface area contributed by atoms with E-state index >= 15 is 0 Å². The number of anilines is 1. The Morgan fingerprint density at radius 2 is 2.10 bits per heavy atom. The lowest BCUT2D eigenvalue weighted by atomic mass is 10.1. The van der Waals surface area contributed by atoms with Crippen LogP contribution in [0.15, 0.2) is 57.1 Å². The summed E-state index contributed by atoms with van der Waals surface area (Å²) in [6, 6.07) is 9.54. The first-order valence-corrected chi connectivity index (χ1v) is 12.3. The van der Waals surface area contributed by atoms with Crippen LogP contribution in [0.1, 0.15) is 18.4 Å². The molecule has 1 aromatic carbocycles. The molecule has 0 spiro atoms. The number of furan rings is 1. The van der Waals surface area contributed by atoms with Gasteiger partial charge in [0.2, 0.25) is 0 Å². The van der Waals surface area contributed by atoms with Crippen LogP contribution in [0.5, 0.6) is 0 Å². The smallest absolute Gasteiger partial charge is 0.261 e. The molecule has 4 aromatic rings. The highest BCUT2D eigenvalue weighted by molar-refractivity contribution is 7.99. The SMILES string of the molecule is CSc1nc2ccccn2c1S(=O)(=O)NC(O)c1cc2c(F)cc(N3CCC3)cc2o1. The molecule has 3 aromatic heterocycles. The van der Waals surface area contributed by atoms with Crippen molar-refractivity contribution in [2.45, 2.75) is 22.7 Å². The molecule has 0 aliphatic carbocycles. The summed E-state index contributed by atoms with van der Waals surface area (Å²) >= 11 is 1.18. The molecule has 0 amide bonds. The van der Waals surface area contributed by atoms with Crippen LogP contribution in [0, 0.1) is 5.82 Å². The molecule has 1 fully saturated rings. The third kappa shape index (κ3) is 3.47. The van der Waals surface area contributed by atoms with E-state index in [1.807, 2.05) is 4.90 Å². The van der Waals surface area contributed by atoms with Crippen LogP contribution in [0.4, 0.5) is 10.1 Å². The molecule has 31 heavy (non-hydrogen) atoms. The van der Waals surface area contributed by atoms with Crippen LogP contribution in [0.2, 0.25) is 0 Å². The summed E-state index contributed by atoms with van der Waals surface area (Å²) in [4.78, 5) is 6.32. The molecule has 4 heterocycles. The van der Waals surface area contributed by atoms with E-state index in [1.54, 1.807) is 36.7 Å². The van der Waals surface area contributed by atoms with Gasteiger partial charge in [-0.1, -0.05) is 6.07 Å². The molecular weight excluding hydrogens is 443 g/mol. The maximum atomic E-state index is 14.6. The average Bonchev–Trinajstić information content (AvgIpc) is 3.28. The van der Waals surface area contributed by atoms with E-state index in [0.29, 0.717) is 16.4 Å². The second kappa shape index (κ2) is 7.52. The second-order valence-electron chi connectivity index (χ2n) is 7.21. The number of halogens is 1. The van der Waals surface area contributed by atoms with Gasteiger partial charge in [-0.25, -0.2) is 17.8 Å². The molecule has 0 radical (unpaired) electrons. The summed E-state index contributed by atoms with van der Waals surface area (Å²) in [7, 11) is -4.18. The van der Waals surface area contributed by atoms with Crippen molar-refractivity contribution < 1.29 is 22.3 Å². The van der Waals surface area contributed by atoms with E-state index in [1.165, 1.54) is 28.3 Å². The molecule has 1 atom stereocenters. The van der Waals surface area contributed by atoms with Crippen molar-refractivity contribution in [3.8, 4) is 0 Å². The van der Waals surface area contributed by atoms with Crippen molar-refractivity contribution in [3.05, 3.63) is 54.2 Å². The van der Waals surface area contributed by atoms with E-state index in [0.717, 1.165) is 19.5 Å². The van der Waals surface area contributed by atoms with Crippen molar-refractivity contribution in [2.75, 3.05) is 24.2 Å². The summed E-state index contributed by atoms with van der Waals surface area (Å²) in [5.74, 6) is -0.589. The monoisotopic (exact) mass is 462 g/mol. The Morgan fingerprint density at radius 1 is 1.29 bits per heavy atom. The number of fused-ring (bicyclic) bond motifs is 2. The van der Waals surface area contributed by atoms with Crippen molar-refractivity contribution in [2.24, 2.45) is 0 Å². The van der Waals surface area contributed by atoms with E-state index < -0.39 is 22.1 Å². The highest BCUT2D eigenvalue weighted by Gasteiger charge is 2.29. The van der Waals surface area contributed by atoms with Crippen molar-refractivity contribution in [1.29, 1.82) is 0 Å².